The van der Waals surface area contributed by atoms with Gasteiger partial charge in [-0.2, -0.15) is 4.31 Å². The van der Waals surface area contributed by atoms with Crippen molar-refractivity contribution in [3.8, 4) is 0 Å². The highest BCUT2D eigenvalue weighted by Crippen LogP contribution is 2.21. The van der Waals surface area contributed by atoms with E-state index in [1.807, 2.05) is 30.3 Å². The Kier molecular flexibility index (Phi) is 7.29. The Labute approximate surface area is 177 Å². The number of amides is 1. The van der Waals surface area contributed by atoms with Crippen molar-refractivity contribution in [3.05, 3.63) is 65.2 Å². The van der Waals surface area contributed by atoms with Gasteiger partial charge in [0.15, 0.2) is 0 Å². The summed E-state index contributed by atoms with van der Waals surface area (Å²) in [5.74, 6) is -0.172. The Bertz CT molecular complexity index is 912. The fourth-order valence-corrected chi connectivity index (χ4v) is 4.84. The highest BCUT2D eigenvalue weighted by Gasteiger charge is 2.29. The molecule has 1 fully saturated rings. The summed E-state index contributed by atoms with van der Waals surface area (Å²) < 4.78 is 27.8. The quantitative estimate of drug-likeness (QED) is 0.670. The molecule has 0 spiro atoms. The predicted octanol–water partition coefficient (Wildman–Crippen LogP) is 2.70. The molecule has 3 rings (SSSR count). The van der Waals surface area contributed by atoms with E-state index in [0.29, 0.717) is 18.1 Å². The third-order valence-electron chi connectivity index (χ3n) is 5.14. The van der Waals surface area contributed by atoms with Gasteiger partial charge in [-0.3, -0.25) is 4.79 Å². The first-order valence-electron chi connectivity index (χ1n) is 9.70. The molecule has 1 saturated heterocycles. The number of hydrogen-bond acceptors (Lipinski definition) is 4. The van der Waals surface area contributed by atoms with Gasteiger partial charge in [0.25, 0.3) is 0 Å². The summed E-state index contributed by atoms with van der Waals surface area (Å²) in [5.41, 5.74) is 0.827. The van der Waals surface area contributed by atoms with Crippen molar-refractivity contribution in [1.29, 1.82) is 0 Å². The van der Waals surface area contributed by atoms with E-state index < -0.39 is 10.0 Å². The summed E-state index contributed by atoms with van der Waals surface area (Å²) in [6, 6.07) is 15.3. The molecule has 0 aromatic heterocycles. The van der Waals surface area contributed by atoms with Crippen LogP contribution in [-0.4, -0.2) is 67.7 Å². The van der Waals surface area contributed by atoms with Crippen molar-refractivity contribution in [3.63, 3.8) is 0 Å². The molecular formula is C21H26ClN3O3S. The lowest BCUT2D eigenvalue weighted by molar-refractivity contribution is -0.133. The van der Waals surface area contributed by atoms with Crippen molar-refractivity contribution in [2.24, 2.45) is 0 Å². The molecule has 1 heterocycles. The lowest BCUT2D eigenvalue weighted by atomic mass is 10.2. The minimum Gasteiger partial charge on any atom is -0.339 e. The normalized spacial score (nSPS) is 15.6. The first kappa shape index (κ1) is 21.8. The number of rotatable bonds is 7. The van der Waals surface area contributed by atoms with E-state index in [9.17, 15) is 13.2 Å². The maximum absolute atomic E-state index is 13.3. The lowest BCUT2D eigenvalue weighted by Gasteiger charge is -2.35. The number of sulfonamides is 1. The van der Waals surface area contributed by atoms with E-state index in [1.165, 1.54) is 16.4 Å². The molecule has 0 unspecified atom stereocenters. The molecule has 6 nitrogen and oxygen atoms in total. The standard InChI is InChI=1S/C21H26ClN3O3S/c1-2-23-12-14-24(15-13-23)21(26)17-25(16-18-6-4-3-5-7-18)29(27,28)20-10-8-19(22)9-11-20/h3-11H,2,12-17H2,1H3. The van der Waals surface area contributed by atoms with Crippen LogP contribution in [0.1, 0.15) is 12.5 Å². The van der Waals surface area contributed by atoms with Crippen LogP contribution in [0.2, 0.25) is 5.02 Å². The van der Waals surface area contributed by atoms with Crippen molar-refractivity contribution < 1.29 is 13.2 Å². The number of likely N-dealkylation sites (N-methyl/N-ethyl adjacent to an activating group) is 1. The van der Waals surface area contributed by atoms with Crippen LogP contribution in [0.3, 0.4) is 0 Å². The van der Waals surface area contributed by atoms with E-state index in [4.69, 9.17) is 11.6 Å². The van der Waals surface area contributed by atoms with Gasteiger partial charge >= 0.3 is 0 Å². The van der Waals surface area contributed by atoms with Crippen LogP contribution < -0.4 is 0 Å². The van der Waals surface area contributed by atoms with Gasteiger partial charge in [0, 0.05) is 37.7 Å². The van der Waals surface area contributed by atoms with E-state index in [1.54, 1.807) is 17.0 Å². The second-order valence-corrected chi connectivity index (χ2v) is 9.40. The number of carbonyl (C=O) groups excluding carboxylic acids is 1. The van der Waals surface area contributed by atoms with Crippen LogP contribution in [0.4, 0.5) is 0 Å². The predicted molar refractivity (Wildman–Crippen MR) is 114 cm³/mol. The van der Waals surface area contributed by atoms with Crippen LogP contribution in [0.5, 0.6) is 0 Å². The average Bonchev–Trinajstić information content (AvgIpc) is 2.74. The van der Waals surface area contributed by atoms with Gasteiger partial charge in [0.2, 0.25) is 15.9 Å². The van der Waals surface area contributed by atoms with Crippen LogP contribution in [-0.2, 0) is 21.4 Å². The molecule has 0 atom stereocenters. The summed E-state index contributed by atoms with van der Waals surface area (Å²) >= 11 is 5.91. The molecule has 29 heavy (non-hydrogen) atoms. The first-order valence-corrected chi connectivity index (χ1v) is 11.5. The molecule has 0 radical (unpaired) electrons. The Balaban J connectivity index is 1.81. The minimum absolute atomic E-state index is 0.126. The average molecular weight is 436 g/mol. The first-order chi connectivity index (χ1) is 13.9. The van der Waals surface area contributed by atoms with E-state index >= 15 is 0 Å². The van der Waals surface area contributed by atoms with Crippen LogP contribution >= 0.6 is 11.6 Å². The molecular weight excluding hydrogens is 410 g/mol. The molecule has 2 aromatic rings. The van der Waals surface area contributed by atoms with Gasteiger partial charge in [-0.15, -0.1) is 0 Å². The zero-order valence-electron chi connectivity index (χ0n) is 16.5. The molecule has 2 aromatic carbocycles. The van der Waals surface area contributed by atoms with Crippen molar-refractivity contribution >= 4 is 27.5 Å². The number of nitrogens with zero attached hydrogens (tertiary/aromatic N) is 3. The third kappa shape index (κ3) is 5.57. The van der Waals surface area contributed by atoms with Gasteiger partial charge in [0.1, 0.15) is 0 Å². The Hall–Kier alpha value is -1.93. The summed E-state index contributed by atoms with van der Waals surface area (Å²) in [4.78, 5) is 17.1. The third-order valence-corrected chi connectivity index (χ3v) is 7.19. The molecule has 156 valence electrons. The van der Waals surface area contributed by atoms with E-state index in [0.717, 1.165) is 25.2 Å². The molecule has 0 bridgehead atoms. The van der Waals surface area contributed by atoms with E-state index in [-0.39, 0.29) is 23.9 Å². The Morgan fingerprint density at radius 2 is 1.62 bits per heavy atom. The van der Waals surface area contributed by atoms with Crippen molar-refractivity contribution in [1.82, 2.24) is 14.1 Å². The fourth-order valence-electron chi connectivity index (χ4n) is 3.33. The number of piperazine rings is 1. The summed E-state index contributed by atoms with van der Waals surface area (Å²) in [6.45, 7) is 5.85. The van der Waals surface area contributed by atoms with Gasteiger partial charge in [-0.1, -0.05) is 48.9 Å². The Morgan fingerprint density at radius 1 is 1.00 bits per heavy atom. The zero-order chi connectivity index (χ0) is 20.9. The number of hydrogen-bond donors (Lipinski definition) is 0. The lowest BCUT2D eigenvalue weighted by Crippen LogP contribution is -2.51. The number of benzene rings is 2. The van der Waals surface area contributed by atoms with Gasteiger partial charge in [-0.05, 0) is 36.4 Å². The topological polar surface area (TPSA) is 60.9 Å². The van der Waals surface area contributed by atoms with E-state index in [2.05, 4.69) is 11.8 Å². The summed E-state index contributed by atoms with van der Waals surface area (Å²) in [6.07, 6.45) is 0. The second kappa shape index (κ2) is 9.71. The summed E-state index contributed by atoms with van der Waals surface area (Å²) in [5, 5.41) is 0.462. The SMILES string of the molecule is CCN1CCN(C(=O)CN(Cc2ccccc2)S(=O)(=O)c2ccc(Cl)cc2)CC1. The van der Waals surface area contributed by atoms with Gasteiger partial charge in [0.05, 0.1) is 11.4 Å². The molecule has 1 amide bonds. The van der Waals surface area contributed by atoms with Crippen LogP contribution in [0.25, 0.3) is 0 Å². The largest absolute Gasteiger partial charge is 0.339 e. The fraction of sp³-hybridized carbons (Fsp3) is 0.381. The molecule has 1 aliphatic heterocycles. The van der Waals surface area contributed by atoms with Gasteiger partial charge in [-0.25, -0.2) is 8.42 Å². The maximum atomic E-state index is 13.3. The van der Waals surface area contributed by atoms with Crippen molar-refractivity contribution in [2.75, 3.05) is 39.3 Å². The second-order valence-electron chi connectivity index (χ2n) is 7.03. The zero-order valence-corrected chi connectivity index (χ0v) is 18.1. The Morgan fingerprint density at radius 3 is 2.21 bits per heavy atom. The van der Waals surface area contributed by atoms with Crippen LogP contribution in [0, 0.1) is 0 Å². The molecule has 1 aliphatic rings. The maximum Gasteiger partial charge on any atom is 0.243 e. The smallest absolute Gasteiger partial charge is 0.243 e. The highest BCUT2D eigenvalue weighted by atomic mass is 35.5. The summed E-state index contributed by atoms with van der Waals surface area (Å²) in [7, 11) is -3.85. The number of carbonyl (C=O) groups is 1. The molecule has 8 heteroatoms. The molecule has 0 N–H and O–H groups in total. The monoisotopic (exact) mass is 435 g/mol. The number of halogens is 1. The highest BCUT2D eigenvalue weighted by molar-refractivity contribution is 7.89. The molecule has 0 saturated carbocycles. The molecule has 0 aliphatic carbocycles. The van der Waals surface area contributed by atoms with Gasteiger partial charge < -0.3 is 9.80 Å². The van der Waals surface area contributed by atoms with Crippen LogP contribution in [0.15, 0.2) is 59.5 Å². The van der Waals surface area contributed by atoms with Crippen molar-refractivity contribution in [2.45, 2.75) is 18.4 Å². The minimum atomic E-state index is -3.85.